The van der Waals surface area contributed by atoms with Crippen LogP contribution < -0.4 is 5.32 Å². The molecule has 2 unspecified atom stereocenters. The van der Waals surface area contributed by atoms with Crippen molar-refractivity contribution in [3.63, 3.8) is 0 Å². The molecule has 1 aromatic heterocycles. The van der Waals surface area contributed by atoms with Gasteiger partial charge in [0.1, 0.15) is 0 Å². The molecule has 2 atom stereocenters. The van der Waals surface area contributed by atoms with Gasteiger partial charge in [0.2, 0.25) is 0 Å². The van der Waals surface area contributed by atoms with Crippen molar-refractivity contribution in [3.05, 3.63) is 18.5 Å². The first-order chi connectivity index (χ1) is 8.40. The molecule has 1 fully saturated rings. The van der Waals surface area contributed by atoms with Crippen LogP contribution in [0.3, 0.4) is 0 Å². The molecule has 17 heavy (non-hydrogen) atoms. The summed E-state index contributed by atoms with van der Waals surface area (Å²) in [5.74, 6) is 1.64. The zero-order valence-electron chi connectivity index (χ0n) is 10.1. The van der Waals surface area contributed by atoms with E-state index >= 15 is 0 Å². The van der Waals surface area contributed by atoms with Crippen LogP contribution in [0, 0.1) is 5.92 Å². The van der Waals surface area contributed by atoms with E-state index in [2.05, 4.69) is 22.2 Å². The number of rotatable bonds is 6. The average Bonchev–Trinajstić information content (AvgIpc) is 2.89. The number of ether oxygens (including phenoxy) is 1. The first-order valence-electron chi connectivity index (χ1n) is 6.11. The minimum absolute atomic E-state index is 0.497. The number of hydrogen-bond donors (Lipinski definition) is 1. The second-order valence-corrected chi connectivity index (χ2v) is 5.12. The van der Waals surface area contributed by atoms with Crippen LogP contribution in [0.2, 0.25) is 0 Å². The van der Waals surface area contributed by atoms with Crippen LogP contribution in [0.1, 0.15) is 13.3 Å². The molecule has 1 aliphatic heterocycles. The summed E-state index contributed by atoms with van der Waals surface area (Å²) in [4.78, 5) is 8.46. The van der Waals surface area contributed by atoms with Gasteiger partial charge in [-0.3, -0.25) is 0 Å². The fourth-order valence-corrected chi connectivity index (χ4v) is 3.01. The Morgan fingerprint density at radius 1 is 1.53 bits per heavy atom. The lowest BCUT2D eigenvalue weighted by atomic mass is 10.0. The van der Waals surface area contributed by atoms with Gasteiger partial charge in [0.25, 0.3) is 0 Å². The predicted octanol–water partition coefficient (Wildman–Crippen LogP) is 1.58. The summed E-state index contributed by atoms with van der Waals surface area (Å²) < 4.78 is 5.46. The number of thioether (sulfide) groups is 1. The van der Waals surface area contributed by atoms with Gasteiger partial charge in [0, 0.05) is 36.7 Å². The van der Waals surface area contributed by atoms with Crippen molar-refractivity contribution in [3.8, 4) is 0 Å². The van der Waals surface area contributed by atoms with Crippen LogP contribution in [0.4, 0.5) is 0 Å². The Morgan fingerprint density at radius 2 is 2.35 bits per heavy atom. The van der Waals surface area contributed by atoms with Crippen molar-refractivity contribution in [2.75, 3.05) is 25.5 Å². The minimum atomic E-state index is 0.497. The second kappa shape index (κ2) is 6.93. The zero-order chi connectivity index (χ0) is 11.9. The highest BCUT2D eigenvalue weighted by Gasteiger charge is 2.25. The summed E-state index contributed by atoms with van der Waals surface area (Å²) in [5.41, 5.74) is 0. The number of hydrogen-bond acceptors (Lipinski definition) is 5. The van der Waals surface area contributed by atoms with E-state index in [-0.39, 0.29) is 0 Å². The lowest BCUT2D eigenvalue weighted by Gasteiger charge is -2.22. The Balaban J connectivity index is 1.84. The zero-order valence-corrected chi connectivity index (χ0v) is 10.9. The Hall–Kier alpha value is -0.650. The fraction of sp³-hybridized carbons (Fsp3) is 0.667. The van der Waals surface area contributed by atoms with Gasteiger partial charge < -0.3 is 10.1 Å². The third kappa shape index (κ3) is 3.94. The third-order valence-corrected chi connectivity index (χ3v) is 3.93. The first-order valence-corrected chi connectivity index (χ1v) is 7.09. The topological polar surface area (TPSA) is 47.0 Å². The Bertz CT molecular complexity index is 317. The van der Waals surface area contributed by atoms with Crippen molar-refractivity contribution < 1.29 is 4.74 Å². The van der Waals surface area contributed by atoms with E-state index in [1.165, 1.54) is 0 Å². The molecule has 0 bridgehead atoms. The molecular weight excluding hydrogens is 234 g/mol. The third-order valence-electron chi connectivity index (χ3n) is 2.93. The smallest absolute Gasteiger partial charge is 0.187 e. The molecule has 1 N–H and O–H groups in total. The molecule has 4 nitrogen and oxygen atoms in total. The van der Waals surface area contributed by atoms with Gasteiger partial charge in [0.05, 0.1) is 6.61 Å². The lowest BCUT2D eigenvalue weighted by Crippen LogP contribution is -2.38. The maximum atomic E-state index is 5.46. The molecule has 1 aliphatic rings. The van der Waals surface area contributed by atoms with Crippen LogP contribution in [-0.4, -0.2) is 41.5 Å². The lowest BCUT2D eigenvalue weighted by molar-refractivity contribution is 0.179. The van der Waals surface area contributed by atoms with E-state index in [0.29, 0.717) is 12.0 Å². The van der Waals surface area contributed by atoms with Crippen molar-refractivity contribution in [1.29, 1.82) is 0 Å². The highest BCUT2D eigenvalue weighted by Crippen LogP contribution is 2.22. The summed E-state index contributed by atoms with van der Waals surface area (Å²) in [5, 5.41) is 4.39. The van der Waals surface area contributed by atoms with E-state index in [0.717, 1.165) is 37.1 Å². The second-order valence-electron chi connectivity index (χ2n) is 4.13. The number of nitrogens with zero attached hydrogens (tertiary/aromatic N) is 2. The highest BCUT2D eigenvalue weighted by atomic mass is 32.2. The monoisotopic (exact) mass is 253 g/mol. The van der Waals surface area contributed by atoms with Gasteiger partial charge >= 0.3 is 0 Å². The molecular formula is C12H19N3OS. The predicted molar refractivity (Wildman–Crippen MR) is 69.1 cm³/mol. The minimum Gasteiger partial charge on any atom is -0.381 e. The van der Waals surface area contributed by atoms with Crippen molar-refractivity contribution in [2.45, 2.75) is 24.5 Å². The average molecular weight is 253 g/mol. The molecule has 0 aliphatic carbocycles. The van der Waals surface area contributed by atoms with Crippen molar-refractivity contribution in [2.24, 2.45) is 5.92 Å². The normalized spacial score (nSPS) is 21.6. The molecule has 2 heterocycles. The number of aromatic nitrogens is 2. The Labute approximate surface area is 107 Å². The van der Waals surface area contributed by atoms with Gasteiger partial charge in [-0.2, -0.15) is 0 Å². The molecule has 1 aromatic rings. The molecule has 94 valence electrons. The quantitative estimate of drug-likeness (QED) is 0.616. The van der Waals surface area contributed by atoms with Gasteiger partial charge in [-0.1, -0.05) is 18.7 Å². The molecule has 0 spiro atoms. The van der Waals surface area contributed by atoms with Crippen LogP contribution in [0.5, 0.6) is 0 Å². The van der Waals surface area contributed by atoms with Gasteiger partial charge in [-0.25, -0.2) is 9.97 Å². The number of nitrogens with one attached hydrogen (secondary N) is 1. The molecule has 0 saturated carbocycles. The molecule has 0 amide bonds. The fourth-order valence-electron chi connectivity index (χ4n) is 2.02. The van der Waals surface area contributed by atoms with E-state index in [1.807, 2.05) is 6.07 Å². The van der Waals surface area contributed by atoms with Crippen molar-refractivity contribution >= 4 is 11.8 Å². The summed E-state index contributed by atoms with van der Waals surface area (Å²) in [7, 11) is 0. The summed E-state index contributed by atoms with van der Waals surface area (Å²) in [6.07, 6.45) is 4.74. The van der Waals surface area contributed by atoms with E-state index in [1.54, 1.807) is 24.2 Å². The molecule has 0 radical (unpaired) electrons. The van der Waals surface area contributed by atoms with E-state index < -0.39 is 0 Å². The Kier molecular flexibility index (Phi) is 5.22. The van der Waals surface area contributed by atoms with Crippen LogP contribution >= 0.6 is 11.8 Å². The standard InChI is InChI=1S/C12H19N3OS/c1-2-13-11(10-4-7-16-8-10)9-17-12-14-5-3-6-15-12/h3,5-6,10-11,13H,2,4,7-9H2,1H3. The molecule has 1 saturated heterocycles. The summed E-state index contributed by atoms with van der Waals surface area (Å²) >= 11 is 1.72. The van der Waals surface area contributed by atoms with Gasteiger partial charge in [0.15, 0.2) is 5.16 Å². The SMILES string of the molecule is CCNC(CSc1ncccn1)C1CCOC1. The van der Waals surface area contributed by atoms with Gasteiger partial charge in [-0.15, -0.1) is 0 Å². The summed E-state index contributed by atoms with van der Waals surface area (Å²) in [6.45, 7) is 4.93. The van der Waals surface area contributed by atoms with E-state index in [9.17, 15) is 0 Å². The van der Waals surface area contributed by atoms with Crippen molar-refractivity contribution in [1.82, 2.24) is 15.3 Å². The first kappa shape index (κ1) is 12.8. The van der Waals surface area contributed by atoms with E-state index in [4.69, 9.17) is 4.74 Å². The maximum Gasteiger partial charge on any atom is 0.187 e. The molecule has 2 rings (SSSR count). The largest absolute Gasteiger partial charge is 0.381 e. The Morgan fingerprint density at radius 3 is 3.00 bits per heavy atom. The maximum absolute atomic E-state index is 5.46. The highest BCUT2D eigenvalue weighted by molar-refractivity contribution is 7.99. The van der Waals surface area contributed by atoms with Crippen LogP contribution in [-0.2, 0) is 4.74 Å². The van der Waals surface area contributed by atoms with Gasteiger partial charge in [-0.05, 0) is 19.0 Å². The molecule has 5 heteroatoms. The summed E-state index contributed by atoms with van der Waals surface area (Å²) in [6, 6.07) is 2.34. The molecule has 0 aromatic carbocycles. The van der Waals surface area contributed by atoms with Crippen LogP contribution in [0.25, 0.3) is 0 Å². The van der Waals surface area contributed by atoms with Crippen LogP contribution in [0.15, 0.2) is 23.6 Å².